The van der Waals surface area contributed by atoms with Crippen LogP contribution in [-0.4, -0.2) is 18.7 Å². The number of carbonyl (C=O) groups excluding carboxylic acids is 1. The fourth-order valence-corrected chi connectivity index (χ4v) is 0.803. The highest BCUT2D eigenvalue weighted by molar-refractivity contribution is 5.81. The molecule has 0 aromatic heterocycles. The number of rotatable bonds is 6. The van der Waals surface area contributed by atoms with Crippen molar-refractivity contribution in [2.24, 2.45) is 0 Å². The maximum atomic E-state index is 10.8. The number of hydrogen-bond donors (Lipinski definition) is 0. The second-order valence-corrected chi connectivity index (χ2v) is 2.81. The van der Waals surface area contributed by atoms with Gasteiger partial charge in [0.2, 0.25) is 0 Å². The minimum atomic E-state index is -0.370. The molecule has 0 fully saturated rings. The van der Waals surface area contributed by atoms with E-state index in [0.717, 1.165) is 6.42 Å². The van der Waals surface area contributed by atoms with Crippen LogP contribution in [0, 0.1) is 0 Å². The standard InChI is InChI=1S/C11H18O3/c1-4-6-7-10(3)14-9-8-11(12)13-5-2/h4,6,8-10H,5,7H2,1-3H3/b6-4-,9-8+/t10-/m0/s1. The van der Waals surface area contributed by atoms with Crippen molar-refractivity contribution >= 4 is 5.97 Å². The van der Waals surface area contributed by atoms with Gasteiger partial charge in [0, 0.05) is 6.42 Å². The zero-order valence-electron chi connectivity index (χ0n) is 9.03. The molecule has 0 heterocycles. The Morgan fingerprint density at radius 2 is 2.21 bits per heavy atom. The molecule has 0 radical (unpaired) electrons. The lowest BCUT2D eigenvalue weighted by atomic mass is 10.3. The van der Waals surface area contributed by atoms with Crippen LogP contribution in [0.25, 0.3) is 0 Å². The second kappa shape index (κ2) is 8.35. The van der Waals surface area contributed by atoms with Gasteiger partial charge in [0.15, 0.2) is 0 Å². The van der Waals surface area contributed by atoms with E-state index in [1.807, 2.05) is 26.0 Å². The molecular formula is C11H18O3. The van der Waals surface area contributed by atoms with E-state index in [-0.39, 0.29) is 12.1 Å². The smallest absolute Gasteiger partial charge is 0.333 e. The Balaban J connectivity index is 3.64. The predicted molar refractivity (Wildman–Crippen MR) is 55.8 cm³/mol. The van der Waals surface area contributed by atoms with E-state index < -0.39 is 0 Å². The van der Waals surface area contributed by atoms with Gasteiger partial charge in [-0.25, -0.2) is 4.79 Å². The Kier molecular flexibility index (Phi) is 7.61. The molecule has 0 unspecified atom stereocenters. The Morgan fingerprint density at radius 1 is 1.50 bits per heavy atom. The number of carbonyl (C=O) groups is 1. The molecule has 0 N–H and O–H groups in total. The molecule has 0 aliphatic heterocycles. The molecule has 0 aliphatic rings. The summed E-state index contributed by atoms with van der Waals surface area (Å²) in [4.78, 5) is 10.8. The summed E-state index contributed by atoms with van der Waals surface area (Å²) in [6.45, 7) is 6.05. The molecule has 0 spiro atoms. The van der Waals surface area contributed by atoms with E-state index in [0.29, 0.717) is 6.61 Å². The lowest BCUT2D eigenvalue weighted by Gasteiger charge is -2.07. The first-order chi connectivity index (χ1) is 6.70. The summed E-state index contributed by atoms with van der Waals surface area (Å²) in [5.74, 6) is -0.370. The van der Waals surface area contributed by atoms with Gasteiger partial charge in [-0.1, -0.05) is 12.2 Å². The average molecular weight is 198 g/mol. The maximum absolute atomic E-state index is 10.8. The molecule has 3 heteroatoms. The molecule has 0 saturated heterocycles. The highest BCUT2D eigenvalue weighted by atomic mass is 16.5. The summed E-state index contributed by atoms with van der Waals surface area (Å²) in [6, 6.07) is 0. The van der Waals surface area contributed by atoms with Crippen LogP contribution in [0.2, 0.25) is 0 Å². The van der Waals surface area contributed by atoms with Crippen LogP contribution in [-0.2, 0) is 14.3 Å². The van der Waals surface area contributed by atoms with Crippen molar-refractivity contribution in [1.29, 1.82) is 0 Å². The Morgan fingerprint density at radius 3 is 2.79 bits per heavy atom. The second-order valence-electron chi connectivity index (χ2n) is 2.81. The molecule has 0 aliphatic carbocycles. The number of allylic oxidation sites excluding steroid dienone is 1. The Labute approximate surface area is 85.4 Å². The topological polar surface area (TPSA) is 35.5 Å². The average Bonchev–Trinajstić information content (AvgIpc) is 2.15. The van der Waals surface area contributed by atoms with E-state index in [9.17, 15) is 4.79 Å². The van der Waals surface area contributed by atoms with Crippen LogP contribution >= 0.6 is 0 Å². The van der Waals surface area contributed by atoms with Crippen LogP contribution in [0.3, 0.4) is 0 Å². The van der Waals surface area contributed by atoms with Crippen LogP contribution < -0.4 is 0 Å². The van der Waals surface area contributed by atoms with Crippen LogP contribution in [0.4, 0.5) is 0 Å². The molecule has 0 aromatic carbocycles. The number of hydrogen-bond acceptors (Lipinski definition) is 3. The van der Waals surface area contributed by atoms with Crippen molar-refractivity contribution in [1.82, 2.24) is 0 Å². The van der Waals surface area contributed by atoms with Crippen LogP contribution in [0.1, 0.15) is 27.2 Å². The molecule has 0 bridgehead atoms. The molecule has 3 nitrogen and oxygen atoms in total. The monoisotopic (exact) mass is 198 g/mol. The van der Waals surface area contributed by atoms with Gasteiger partial charge in [-0.15, -0.1) is 0 Å². The van der Waals surface area contributed by atoms with Gasteiger partial charge in [0.1, 0.15) is 0 Å². The quantitative estimate of drug-likeness (QED) is 0.284. The highest BCUT2D eigenvalue weighted by Gasteiger charge is 1.97. The van der Waals surface area contributed by atoms with Gasteiger partial charge in [-0.05, 0) is 20.8 Å². The minimum absolute atomic E-state index is 0.0804. The van der Waals surface area contributed by atoms with Crippen molar-refractivity contribution in [3.05, 3.63) is 24.5 Å². The maximum Gasteiger partial charge on any atom is 0.333 e. The SMILES string of the molecule is C/C=C\C[C@H](C)O/C=C/C(=O)OCC. The molecule has 14 heavy (non-hydrogen) atoms. The highest BCUT2D eigenvalue weighted by Crippen LogP contribution is 1.99. The fraction of sp³-hybridized carbons (Fsp3) is 0.545. The van der Waals surface area contributed by atoms with Gasteiger partial charge >= 0.3 is 5.97 Å². The number of esters is 1. The third kappa shape index (κ3) is 7.40. The van der Waals surface area contributed by atoms with Gasteiger partial charge < -0.3 is 9.47 Å². The van der Waals surface area contributed by atoms with Crippen molar-refractivity contribution in [3.8, 4) is 0 Å². The summed E-state index contributed by atoms with van der Waals surface area (Å²) in [5, 5.41) is 0. The first-order valence-electron chi connectivity index (χ1n) is 4.80. The summed E-state index contributed by atoms with van der Waals surface area (Å²) in [5.41, 5.74) is 0. The summed E-state index contributed by atoms with van der Waals surface area (Å²) in [7, 11) is 0. The molecule has 0 aromatic rings. The van der Waals surface area contributed by atoms with E-state index in [1.54, 1.807) is 6.92 Å². The van der Waals surface area contributed by atoms with Gasteiger partial charge in [0.25, 0.3) is 0 Å². The minimum Gasteiger partial charge on any atom is -0.498 e. The van der Waals surface area contributed by atoms with Crippen LogP contribution in [0.15, 0.2) is 24.5 Å². The largest absolute Gasteiger partial charge is 0.498 e. The molecule has 0 saturated carbocycles. The summed E-state index contributed by atoms with van der Waals surface area (Å²) >= 11 is 0. The first kappa shape index (κ1) is 12.8. The molecular weight excluding hydrogens is 180 g/mol. The third-order valence-electron chi connectivity index (χ3n) is 1.51. The van der Waals surface area contributed by atoms with Gasteiger partial charge in [-0.3, -0.25) is 0 Å². The van der Waals surface area contributed by atoms with Gasteiger partial charge in [0.05, 0.1) is 25.0 Å². The predicted octanol–water partition coefficient (Wildman–Crippen LogP) is 2.43. The van der Waals surface area contributed by atoms with E-state index >= 15 is 0 Å². The normalized spacial score (nSPS) is 13.4. The van der Waals surface area contributed by atoms with Crippen molar-refractivity contribution in [2.75, 3.05) is 6.61 Å². The Hall–Kier alpha value is -1.25. The zero-order valence-corrected chi connectivity index (χ0v) is 9.03. The molecule has 0 amide bonds. The molecule has 1 atom stereocenters. The van der Waals surface area contributed by atoms with E-state index in [4.69, 9.17) is 4.74 Å². The number of ether oxygens (including phenoxy) is 2. The summed E-state index contributed by atoms with van der Waals surface area (Å²) < 4.78 is 9.91. The Bertz CT molecular complexity index is 207. The van der Waals surface area contributed by atoms with Gasteiger partial charge in [-0.2, -0.15) is 0 Å². The van der Waals surface area contributed by atoms with E-state index in [2.05, 4.69) is 4.74 Å². The van der Waals surface area contributed by atoms with Crippen LogP contribution in [0.5, 0.6) is 0 Å². The fourth-order valence-electron chi connectivity index (χ4n) is 0.803. The summed E-state index contributed by atoms with van der Waals surface area (Å²) in [6.07, 6.45) is 7.57. The third-order valence-corrected chi connectivity index (χ3v) is 1.51. The lowest BCUT2D eigenvalue weighted by Crippen LogP contribution is -2.03. The molecule has 0 rings (SSSR count). The lowest BCUT2D eigenvalue weighted by molar-refractivity contribution is -0.137. The van der Waals surface area contributed by atoms with E-state index in [1.165, 1.54) is 12.3 Å². The molecule has 80 valence electrons. The first-order valence-corrected chi connectivity index (χ1v) is 4.80. The van der Waals surface area contributed by atoms with Crippen molar-refractivity contribution < 1.29 is 14.3 Å². The van der Waals surface area contributed by atoms with Crippen molar-refractivity contribution in [3.63, 3.8) is 0 Å². The zero-order chi connectivity index (χ0) is 10.8. The van der Waals surface area contributed by atoms with Crippen molar-refractivity contribution in [2.45, 2.75) is 33.3 Å².